The van der Waals surface area contributed by atoms with Crippen molar-refractivity contribution in [2.24, 2.45) is 4.99 Å². The molecule has 0 unspecified atom stereocenters. The second kappa shape index (κ2) is 6.01. The van der Waals surface area contributed by atoms with Crippen molar-refractivity contribution >= 4 is 11.9 Å². The van der Waals surface area contributed by atoms with E-state index in [0.29, 0.717) is 6.61 Å². The maximum atomic E-state index is 5.56. The molecule has 0 atom stereocenters. The van der Waals surface area contributed by atoms with Crippen molar-refractivity contribution in [1.82, 2.24) is 0 Å². The summed E-state index contributed by atoms with van der Waals surface area (Å²) in [6.45, 7) is 4.71. The molecule has 2 aromatic carbocycles. The molecule has 0 amide bonds. The summed E-state index contributed by atoms with van der Waals surface area (Å²) in [4.78, 5) is 4.48. The summed E-state index contributed by atoms with van der Waals surface area (Å²) in [6, 6.07) is 16.0. The Hall–Kier alpha value is -2.09. The summed E-state index contributed by atoms with van der Waals surface area (Å²) < 4.78 is 5.56. The van der Waals surface area contributed by atoms with Gasteiger partial charge in [-0.05, 0) is 43.7 Å². The topological polar surface area (TPSA) is 21.6 Å². The highest BCUT2D eigenvalue weighted by Gasteiger charge is 1.98. The summed E-state index contributed by atoms with van der Waals surface area (Å²) in [5.74, 6) is 0.872. The zero-order chi connectivity index (χ0) is 12.8. The Morgan fingerprint density at radius 3 is 2.72 bits per heavy atom. The molecule has 18 heavy (non-hydrogen) atoms. The Morgan fingerprint density at radius 1 is 1.11 bits per heavy atom. The minimum atomic E-state index is 0.662. The Kier molecular flexibility index (Phi) is 4.13. The van der Waals surface area contributed by atoms with E-state index in [1.54, 1.807) is 0 Å². The molecule has 0 aromatic heterocycles. The van der Waals surface area contributed by atoms with E-state index >= 15 is 0 Å². The van der Waals surface area contributed by atoms with Gasteiger partial charge in [0, 0.05) is 11.8 Å². The van der Waals surface area contributed by atoms with Crippen LogP contribution in [0.4, 0.5) is 5.69 Å². The molecule has 0 bridgehead atoms. The molecular weight excluding hydrogens is 222 g/mol. The quantitative estimate of drug-likeness (QED) is 0.735. The van der Waals surface area contributed by atoms with Crippen molar-refractivity contribution in [1.29, 1.82) is 0 Å². The van der Waals surface area contributed by atoms with Gasteiger partial charge in [-0.3, -0.25) is 4.99 Å². The summed E-state index contributed by atoms with van der Waals surface area (Å²) in [6.07, 6.45) is 1.85. The number of ether oxygens (including phenoxy) is 1. The van der Waals surface area contributed by atoms with Gasteiger partial charge in [-0.25, -0.2) is 0 Å². The first-order valence-electron chi connectivity index (χ1n) is 6.12. The van der Waals surface area contributed by atoms with Gasteiger partial charge in [0.2, 0.25) is 0 Å². The molecule has 0 fully saturated rings. The fraction of sp³-hybridized carbons (Fsp3) is 0.188. The lowest BCUT2D eigenvalue weighted by molar-refractivity contribution is 0.340. The van der Waals surface area contributed by atoms with Crippen LogP contribution in [-0.4, -0.2) is 12.8 Å². The van der Waals surface area contributed by atoms with Crippen LogP contribution >= 0.6 is 0 Å². The van der Waals surface area contributed by atoms with E-state index in [-0.39, 0.29) is 0 Å². The second-order valence-electron chi connectivity index (χ2n) is 4.07. The molecule has 0 aliphatic heterocycles. The van der Waals surface area contributed by atoms with E-state index in [9.17, 15) is 0 Å². The van der Waals surface area contributed by atoms with Gasteiger partial charge < -0.3 is 4.74 Å². The smallest absolute Gasteiger partial charge is 0.128 e. The molecular formula is C16H17NO. The van der Waals surface area contributed by atoms with Crippen LogP contribution in [0.3, 0.4) is 0 Å². The van der Waals surface area contributed by atoms with Crippen LogP contribution in [0.25, 0.3) is 0 Å². The van der Waals surface area contributed by atoms with Gasteiger partial charge in [0.15, 0.2) is 0 Å². The molecule has 0 aliphatic carbocycles. The largest absolute Gasteiger partial charge is 0.493 e. The van der Waals surface area contributed by atoms with Crippen LogP contribution in [0.2, 0.25) is 0 Å². The zero-order valence-corrected chi connectivity index (χ0v) is 10.8. The molecule has 0 heterocycles. The average Bonchev–Trinajstić information content (AvgIpc) is 2.38. The van der Waals surface area contributed by atoms with Crippen molar-refractivity contribution < 1.29 is 4.74 Å². The fourth-order valence-corrected chi connectivity index (χ4v) is 1.73. The Bertz CT molecular complexity index is 546. The van der Waals surface area contributed by atoms with Crippen LogP contribution in [0.15, 0.2) is 53.5 Å². The highest BCUT2D eigenvalue weighted by molar-refractivity contribution is 5.85. The van der Waals surface area contributed by atoms with E-state index in [4.69, 9.17) is 4.74 Å². The van der Waals surface area contributed by atoms with Crippen molar-refractivity contribution in [2.75, 3.05) is 6.61 Å². The third-order valence-electron chi connectivity index (χ3n) is 2.57. The molecule has 0 radical (unpaired) electrons. The highest BCUT2D eigenvalue weighted by atomic mass is 16.5. The van der Waals surface area contributed by atoms with E-state index in [2.05, 4.69) is 24.0 Å². The summed E-state index contributed by atoms with van der Waals surface area (Å²) in [7, 11) is 0. The molecule has 2 nitrogen and oxygen atoms in total. The summed E-state index contributed by atoms with van der Waals surface area (Å²) >= 11 is 0. The number of hydrogen-bond donors (Lipinski definition) is 0. The minimum absolute atomic E-state index is 0.662. The monoisotopic (exact) mass is 239 g/mol. The normalized spacial score (nSPS) is 10.8. The van der Waals surface area contributed by atoms with Crippen LogP contribution in [0.1, 0.15) is 18.1 Å². The Labute approximate surface area is 108 Å². The lowest BCUT2D eigenvalue weighted by atomic mass is 10.2. The molecule has 0 spiro atoms. The first kappa shape index (κ1) is 12.4. The van der Waals surface area contributed by atoms with Crippen molar-refractivity contribution in [2.45, 2.75) is 13.8 Å². The predicted octanol–water partition coefficient (Wildman–Crippen LogP) is 4.14. The zero-order valence-electron chi connectivity index (χ0n) is 10.8. The first-order valence-corrected chi connectivity index (χ1v) is 6.12. The van der Waals surface area contributed by atoms with Crippen LogP contribution in [0, 0.1) is 6.92 Å². The molecule has 0 aliphatic rings. The highest BCUT2D eigenvalue weighted by Crippen LogP contribution is 2.18. The predicted molar refractivity (Wildman–Crippen MR) is 76.0 cm³/mol. The van der Waals surface area contributed by atoms with E-state index in [1.165, 1.54) is 5.56 Å². The Morgan fingerprint density at radius 2 is 1.94 bits per heavy atom. The summed E-state index contributed by atoms with van der Waals surface area (Å²) in [5, 5.41) is 0. The van der Waals surface area contributed by atoms with Gasteiger partial charge in [-0.1, -0.05) is 24.3 Å². The molecule has 2 rings (SSSR count). The molecule has 0 N–H and O–H groups in total. The number of aryl methyl sites for hydroxylation is 1. The third-order valence-corrected chi connectivity index (χ3v) is 2.57. The molecule has 2 heteroatoms. The van der Waals surface area contributed by atoms with Gasteiger partial charge in [-0.15, -0.1) is 0 Å². The fourth-order valence-electron chi connectivity index (χ4n) is 1.73. The number of rotatable bonds is 4. The van der Waals surface area contributed by atoms with Crippen LogP contribution < -0.4 is 4.74 Å². The van der Waals surface area contributed by atoms with E-state index in [1.807, 2.05) is 49.5 Å². The number of hydrogen-bond acceptors (Lipinski definition) is 2. The van der Waals surface area contributed by atoms with Gasteiger partial charge in [0.05, 0.1) is 12.3 Å². The Balaban J connectivity index is 2.23. The number of nitrogens with zero attached hydrogens (tertiary/aromatic N) is 1. The van der Waals surface area contributed by atoms with Crippen molar-refractivity contribution in [3.63, 3.8) is 0 Å². The maximum Gasteiger partial charge on any atom is 0.128 e. The van der Waals surface area contributed by atoms with E-state index < -0.39 is 0 Å². The second-order valence-corrected chi connectivity index (χ2v) is 4.07. The molecule has 0 saturated heterocycles. The SMILES string of the molecule is CCOc1ccccc1C=Nc1cccc(C)c1. The van der Waals surface area contributed by atoms with Crippen molar-refractivity contribution in [3.8, 4) is 5.75 Å². The van der Waals surface area contributed by atoms with Crippen LogP contribution in [0.5, 0.6) is 5.75 Å². The molecule has 92 valence electrons. The lowest BCUT2D eigenvalue weighted by Crippen LogP contribution is -1.95. The van der Waals surface area contributed by atoms with Crippen molar-refractivity contribution in [3.05, 3.63) is 59.7 Å². The maximum absolute atomic E-state index is 5.56. The van der Waals surface area contributed by atoms with E-state index in [0.717, 1.165) is 17.0 Å². The van der Waals surface area contributed by atoms with Gasteiger partial charge >= 0.3 is 0 Å². The molecule has 2 aromatic rings. The van der Waals surface area contributed by atoms with Gasteiger partial charge in [-0.2, -0.15) is 0 Å². The average molecular weight is 239 g/mol. The number of benzene rings is 2. The summed E-state index contributed by atoms with van der Waals surface area (Å²) in [5.41, 5.74) is 3.17. The van der Waals surface area contributed by atoms with Gasteiger partial charge in [0.1, 0.15) is 5.75 Å². The standard InChI is InChI=1S/C16H17NO/c1-3-18-16-10-5-4-8-14(16)12-17-15-9-6-7-13(2)11-15/h4-12H,3H2,1-2H3. The van der Waals surface area contributed by atoms with Crippen LogP contribution in [-0.2, 0) is 0 Å². The van der Waals surface area contributed by atoms with Gasteiger partial charge in [0.25, 0.3) is 0 Å². The third kappa shape index (κ3) is 3.20. The minimum Gasteiger partial charge on any atom is -0.493 e. The number of para-hydroxylation sites is 1. The first-order chi connectivity index (χ1) is 8.79. The number of aliphatic imine (C=N–C) groups is 1. The molecule has 0 saturated carbocycles. The lowest BCUT2D eigenvalue weighted by Gasteiger charge is -2.05.